The summed E-state index contributed by atoms with van der Waals surface area (Å²) < 4.78 is 0. The summed E-state index contributed by atoms with van der Waals surface area (Å²) in [5.41, 5.74) is 1.07. The Morgan fingerprint density at radius 2 is 2.00 bits per heavy atom. The molecular weight excluding hydrogens is 261 g/mol. The van der Waals surface area contributed by atoms with Crippen molar-refractivity contribution in [2.75, 3.05) is 12.8 Å². The third-order valence-corrected chi connectivity index (χ3v) is 4.05. The monoisotopic (exact) mass is 277 g/mol. The summed E-state index contributed by atoms with van der Waals surface area (Å²) in [4.78, 5) is 0. The molecule has 0 saturated carbocycles. The molecule has 0 fully saturated rings. The lowest BCUT2D eigenvalue weighted by atomic mass is 10.1. The normalized spacial score (nSPS) is 13.1. The minimum atomic E-state index is 0.249. The number of thioether (sulfide) groups is 1. The van der Waals surface area contributed by atoms with E-state index in [1.807, 2.05) is 37.0 Å². The van der Waals surface area contributed by atoms with Gasteiger partial charge in [0.05, 0.1) is 0 Å². The molecule has 1 aromatic carbocycles. The number of hydrogen-bond donors (Lipinski definition) is 1. The zero-order chi connectivity index (χ0) is 12.1. The van der Waals surface area contributed by atoms with E-state index in [2.05, 4.69) is 19.2 Å². The van der Waals surface area contributed by atoms with Crippen LogP contribution in [0.3, 0.4) is 0 Å². The van der Waals surface area contributed by atoms with Crippen LogP contribution >= 0.6 is 35.0 Å². The van der Waals surface area contributed by atoms with Crippen LogP contribution in [0.4, 0.5) is 0 Å². The van der Waals surface area contributed by atoms with Crippen molar-refractivity contribution < 1.29 is 0 Å². The van der Waals surface area contributed by atoms with Crippen LogP contribution in [0, 0.1) is 0 Å². The van der Waals surface area contributed by atoms with E-state index in [0.717, 1.165) is 21.4 Å². The van der Waals surface area contributed by atoms with Crippen LogP contribution in [0.2, 0.25) is 10.0 Å². The fraction of sp³-hybridized carbons (Fsp3) is 0.500. The quantitative estimate of drug-likeness (QED) is 0.857. The van der Waals surface area contributed by atoms with Crippen LogP contribution in [-0.4, -0.2) is 18.1 Å². The van der Waals surface area contributed by atoms with E-state index in [9.17, 15) is 0 Å². The molecule has 0 aliphatic carbocycles. The van der Waals surface area contributed by atoms with Crippen LogP contribution < -0.4 is 5.32 Å². The first kappa shape index (κ1) is 14.2. The van der Waals surface area contributed by atoms with Crippen molar-refractivity contribution in [3.05, 3.63) is 33.8 Å². The Hall–Kier alpha value is 0.110. The Labute approximate surface area is 112 Å². The van der Waals surface area contributed by atoms with Gasteiger partial charge in [0.25, 0.3) is 0 Å². The van der Waals surface area contributed by atoms with Gasteiger partial charge in [-0.25, -0.2) is 0 Å². The molecule has 0 aliphatic rings. The van der Waals surface area contributed by atoms with Gasteiger partial charge in [0.1, 0.15) is 0 Å². The standard InChI is InChI=1S/C12H17Cl2NS/c1-8(2)16-7-12(15-3)10-6-9(13)4-5-11(10)14/h4-6,8,12,15H,7H2,1-3H3. The number of rotatable bonds is 5. The highest BCUT2D eigenvalue weighted by atomic mass is 35.5. The fourth-order valence-corrected chi connectivity index (χ4v) is 2.75. The minimum absolute atomic E-state index is 0.249. The summed E-state index contributed by atoms with van der Waals surface area (Å²) in [6.45, 7) is 4.38. The van der Waals surface area contributed by atoms with E-state index in [-0.39, 0.29) is 6.04 Å². The maximum Gasteiger partial charge on any atom is 0.0455 e. The minimum Gasteiger partial charge on any atom is -0.312 e. The molecule has 0 saturated heterocycles. The van der Waals surface area contributed by atoms with Crippen molar-refractivity contribution in [2.45, 2.75) is 25.1 Å². The molecule has 0 bridgehead atoms. The smallest absolute Gasteiger partial charge is 0.0455 e. The van der Waals surface area contributed by atoms with Crippen molar-refractivity contribution in [2.24, 2.45) is 0 Å². The lowest BCUT2D eigenvalue weighted by molar-refractivity contribution is 0.661. The van der Waals surface area contributed by atoms with E-state index in [0.29, 0.717) is 5.25 Å². The summed E-state index contributed by atoms with van der Waals surface area (Å²) >= 11 is 14.1. The first-order valence-electron chi connectivity index (χ1n) is 5.28. The lowest BCUT2D eigenvalue weighted by Gasteiger charge is -2.19. The van der Waals surface area contributed by atoms with Crippen LogP contribution in [0.5, 0.6) is 0 Å². The van der Waals surface area contributed by atoms with E-state index >= 15 is 0 Å². The van der Waals surface area contributed by atoms with Crippen LogP contribution in [0.15, 0.2) is 18.2 Å². The molecule has 1 unspecified atom stereocenters. The molecule has 0 amide bonds. The topological polar surface area (TPSA) is 12.0 Å². The zero-order valence-corrected chi connectivity index (χ0v) is 12.1. The fourth-order valence-electron chi connectivity index (χ4n) is 1.40. The molecule has 1 N–H and O–H groups in total. The number of halogens is 2. The number of nitrogens with one attached hydrogen (secondary N) is 1. The molecule has 4 heteroatoms. The van der Waals surface area contributed by atoms with Gasteiger partial charge in [-0.15, -0.1) is 0 Å². The summed E-state index contributed by atoms with van der Waals surface area (Å²) in [7, 11) is 1.95. The second-order valence-electron chi connectivity index (χ2n) is 3.89. The largest absolute Gasteiger partial charge is 0.312 e. The molecule has 1 nitrogen and oxygen atoms in total. The maximum atomic E-state index is 6.18. The first-order chi connectivity index (χ1) is 7.54. The van der Waals surface area contributed by atoms with Gasteiger partial charge in [0.2, 0.25) is 0 Å². The zero-order valence-electron chi connectivity index (χ0n) is 9.76. The van der Waals surface area contributed by atoms with E-state index in [1.54, 1.807) is 0 Å². The van der Waals surface area contributed by atoms with Crippen LogP contribution in [0.25, 0.3) is 0 Å². The summed E-state index contributed by atoms with van der Waals surface area (Å²) in [5.74, 6) is 0.994. The molecule has 0 heterocycles. The van der Waals surface area contributed by atoms with Crippen LogP contribution in [0.1, 0.15) is 25.5 Å². The molecule has 1 rings (SSSR count). The van der Waals surface area contributed by atoms with Gasteiger partial charge in [-0.1, -0.05) is 37.0 Å². The Bertz CT molecular complexity index is 342. The van der Waals surface area contributed by atoms with Crippen molar-refractivity contribution in [3.63, 3.8) is 0 Å². The summed E-state index contributed by atoms with van der Waals surface area (Å²) in [6.07, 6.45) is 0. The third-order valence-electron chi connectivity index (χ3n) is 2.28. The van der Waals surface area contributed by atoms with E-state index < -0.39 is 0 Å². The molecule has 0 aliphatic heterocycles. The average Bonchev–Trinajstić information content (AvgIpc) is 2.23. The van der Waals surface area contributed by atoms with Crippen molar-refractivity contribution >= 4 is 35.0 Å². The molecule has 0 aromatic heterocycles. The highest BCUT2D eigenvalue weighted by molar-refractivity contribution is 7.99. The Morgan fingerprint density at radius 1 is 1.31 bits per heavy atom. The first-order valence-corrected chi connectivity index (χ1v) is 7.09. The predicted octanol–water partition coefficient (Wildman–Crippen LogP) is 4.40. The van der Waals surface area contributed by atoms with Gasteiger partial charge in [-0.2, -0.15) is 11.8 Å². The van der Waals surface area contributed by atoms with Gasteiger partial charge in [0, 0.05) is 21.8 Å². The van der Waals surface area contributed by atoms with Gasteiger partial charge >= 0.3 is 0 Å². The van der Waals surface area contributed by atoms with E-state index in [4.69, 9.17) is 23.2 Å². The number of benzene rings is 1. The van der Waals surface area contributed by atoms with Gasteiger partial charge in [-0.05, 0) is 36.1 Å². The predicted molar refractivity (Wildman–Crippen MR) is 75.9 cm³/mol. The Kier molecular flexibility index (Phi) is 5.98. The SMILES string of the molecule is CNC(CSC(C)C)c1cc(Cl)ccc1Cl. The molecular formula is C12H17Cl2NS. The number of hydrogen-bond acceptors (Lipinski definition) is 2. The summed E-state index contributed by atoms with van der Waals surface area (Å²) in [6, 6.07) is 5.85. The molecule has 90 valence electrons. The molecule has 1 aromatic rings. The third kappa shape index (κ3) is 4.17. The Morgan fingerprint density at radius 3 is 2.56 bits per heavy atom. The second-order valence-corrected chi connectivity index (χ2v) is 6.34. The van der Waals surface area contributed by atoms with Crippen molar-refractivity contribution in [3.8, 4) is 0 Å². The molecule has 0 spiro atoms. The highest BCUT2D eigenvalue weighted by Crippen LogP contribution is 2.29. The van der Waals surface area contributed by atoms with Gasteiger partial charge < -0.3 is 5.32 Å². The Balaban J connectivity index is 2.81. The lowest BCUT2D eigenvalue weighted by Crippen LogP contribution is -2.20. The van der Waals surface area contributed by atoms with Crippen molar-refractivity contribution in [1.82, 2.24) is 5.32 Å². The average molecular weight is 278 g/mol. The highest BCUT2D eigenvalue weighted by Gasteiger charge is 2.14. The maximum absolute atomic E-state index is 6.18. The van der Waals surface area contributed by atoms with E-state index in [1.165, 1.54) is 0 Å². The van der Waals surface area contributed by atoms with Gasteiger partial charge in [0.15, 0.2) is 0 Å². The molecule has 1 atom stereocenters. The van der Waals surface area contributed by atoms with Gasteiger partial charge in [-0.3, -0.25) is 0 Å². The van der Waals surface area contributed by atoms with Crippen LogP contribution in [-0.2, 0) is 0 Å². The molecule has 0 radical (unpaired) electrons. The molecule has 16 heavy (non-hydrogen) atoms. The van der Waals surface area contributed by atoms with Crippen molar-refractivity contribution in [1.29, 1.82) is 0 Å². The summed E-state index contributed by atoms with van der Waals surface area (Å²) in [5, 5.41) is 5.40. The second kappa shape index (κ2) is 6.75.